The molecule has 0 aliphatic rings. The number of aromatic nitrogens is 3. The lowest BCUT2D eigenvalue weighted by Crippen LogP contribution is -2.34. The molecule has 0 saturated carbocycles. The van der Waals surface area contributed by atoms with Crippen LogP contribution >= 0.6 is 23.4 Å². The van der Waals surface area contributed by atoms with Crippen LogP contribution in [-0.2, 0) is 16.6 Å². The minimum absolute atomic E-state index is 0.0956. The average molecular weight is 444 g/mol. The van der Waals surface area contributed by atoms with Crippen molar-refractivity contribution in [3.8, 4) is 11.4 Å². The largest absolute Gasteiger partial charge is 0.346 e. The highest BCUT2D eigenvalue weighted by molar-refractivity contribution is 7.99. The third-order valence-corrected chi connectivity index (χ3v) is 5.87. The number of anilines is 1. The standard InChI is InChI=1S/C21H22ClN5O2S/c1-13-5-4-6-17(14(13)2)24-18(28)11-23-19(29)12-30-21-26-25-20(27(21)3)15-7-9-16(22)10-8-15/h4-10H,11-12H2,1-3H3,(H,23,29)(H,24,28). The van der Waals surface area contributed by atoms with Crippen molar-refractivity contribution < 1.29 is 9.59 Å². The zero-order chi connectivity index (χ0) is 21.7. The van der Waals surface area contributed by atoms with Gasteiger partial charge in [0.2, 0.25) is 11.8 Å². The van der Waals surface area contributed by atoms with E-state index in [9.17, 15) is 9.59 Å². The molecule has 2 amide bonds. The number of rotatable bonds is 7. The van der Waals surface area contributed by atoms with Crippen molar-refractivity contribution in [3.05, 3.63) is 58.6 Å². The highest BCUT2D eigenvalue weighted by atomic mass is 35.5. The molecule has 0 aliphatic heterocycles. The Balaban J connectivity index is 1.49. The second-order valence-electron chi connectivity index (χ2n) is 6.73. The minimum atomic E-state index is -0.272. The van der Waals surface area contributed by atoms with Gasteiger partial charge < -0.3 is 15.2 Å². The van der Waals surface area contributed by atoms with Gasteiger partial charge in [-0.25, -0.2) is 0 Å². The monoisotopic (exact) mass is 443 g/mol. The number of amides is 2. The molecule has 7 nitrogen and oxygen atoms in total. The van der Waals surface area contributed by atoms with Crippen LogP contribution in [0.5, 0.6) is 0 Å². The van der Waals surface area contributed by atoms with Crippen molar-refractivity contribution in [3.63, 3.8) is 0 Å². The Labute approximate surface area is 184 Å². The number of benzene rings is 2. The molecular formula is C21H22ClN5O2S. The van der Waals surface area contributed by atoms with Gasteiger partial charge >= 0.3 is 0 Å². The average Bonchev–Trinajstić information content (AvgIpc) is 3.09. The first-order valence-electron chi connectivity index (χ1n) is 9.26. The number of thioether (sulfide) groups is 1. The van der Waals surface area contributed by atoms with E-state index in [4.69, 9.17) is 11.6 Å². The fourth-order valence-corrected chi connectivity index (χ4v) is 3.60. The molecule has 156 valence electrons. The number of aryl methyl sites for hydroxylation is 1. The van der Waals surface area contributed by atoms with E-state index in [0.717, 1.165) is 22.4 Å². The summed E-state index contributed by atoms with van der Waals surface area (Å²) in [4.78, 5) is 24.3. The van der Waals surface area contributed by atoms with Crippen molar-refractivity contribution in [2.45, 2.75) is 19.0 Å². The molecule has 3 rings (SSSR count). The topological polar surface area (TPSA) is 88.9 Å². The van der Waals surface area contributed by atoms with Crippen molar-refractivity contribution >= 4 is 40.9 Å². The van der Waals surface area contributed by atoms with E-state index in [1.807, 2.05) is 55.8 Å². The number of carbonyl (C=O) groups excluding carboxylic acids is 2. The summed E-state index contributed by atoms with van der Waals surface area (Å²) < 4.78 is 1.81. The Morgan fingerprint density at radius 3 is 2.53 bits per heavy atom. The van der Waals surface area contributed by atoms with Gasteiger partial charge in [-0.3, -0.25) is 9.59 Å². The fourth-order valence-electron chi connectivity index (χ4n) is 2.73. The molecule has 0 radical (unpaired) electrons. The third-order valence-electron chi connectivity index (χ3n) is 4.59. The molecule has 3 aromatic rings. The summed E-state index contributed by atoms with van der Waals surface area (Å²) in [6.45, 7) is 3.83. The number of hydrogen-bond acceptors (Lipinski definition) is 5. The van der Waals surface area contributed by atoms with Crippen LogP contribution in [0, 0.1) is 13.8 Å². The summed E-state index contributed by atoms with van der Waals surface area (Å²) in [5, 5.41) is 15.0. The first kappa shape index (κ1) is 21.9. The molecule has 0 fully saturated rings. The lowest BCUT2D eigenvalue weighted by atomic mass is 10.1. The van der Waals surface area contributed by atoms with Gasteiger partial charge in [-0.05, 0) is 55.3 Å². The molecule has 2 aromatic carbocycles. The van der Waals surface area contributed by atoms with Gasteiger partial charge in [0.15, 0.2) is 11.0 Å². The molecule has 2 N–H and O–H groups in total. The third kappa shape index (κ3) is 5.40. The van der Waals surface area contributed by atoms with E-state index in [2.05, 4.69) is 20.8 Å². The molecule has 0 bridgehead atoms. The molecule has 0 saturated heterocycles. The van der Waals surface area contributed by atoms with Gasteiger partial charge in [-0.2, -0.15) is 0 Å². The molecule has 1 aromatic heterocycles. The van der Waals surface area contributed by atoms with E-state index in [1.165, 1.54) is 11.8 Å². The number of halogens is 1. The highest BCUT2D eigenvalue weighted by Gasteiger charge is 2.14. The Morgan fingerprint density at radius 1 is 1.07 bits per heavy atom. The Hall–Kier alpha value is -2.84. The second-order valence-corrected chi connectivity index (χ2v) is 8.11. The first-order valence-corrected chi connectivity index (χ1v) is 10.6. The van der Waals surface area contributed by atoms with E-state index in [0.29, 0.717) is 16.0 Å². The van der Waals surface area contributed by atoms with Crippen LogP contribution in [0.1, 0.15) is 11.1 Å². The van der Waals surface area contributed by atoms with Gasteiger partial charge in [0.1, 0.15) is 0 Å². The minimum Gasteiger partial charge on any atom is -0.346 e. The van der Waals surface area contributed by atoms with E-state index >= 15 is 0 Å². The predicted octanol–water partition coefficient (Wildman–Crippen LogP) is 3.60. The predicted molar refractivity (Wildman–Crippen MR) is 120 cm³/mol. The van der Waals surface area contributed by atoms with Crippen LogP contribution in [0.15, 0.2) is 47.6 Å². The zero-order valence-electron chi connectivity index (χ0n) is 16.9. The number of nitrogens with zero attached hydrogens (tertiary/aromatic N) is 3. The summed E-state index contributed by atoms with van der Waals surface area (Å²) in [5.74, 6) is 0.281. The fraction of sp³-hybridized carbons (Fsp3) is 0.238. The van der Waals surface area contributed by atoms with Gasteiger partial charge in [-0.15, -0.1) is 10.2 Å². The number of nitrogens with one attached hydrogen (secondary N) is 2. The maximum atomic E-state index is 12.1. The summed E-state index contributed by atoms with van der Waals surface area (Å²) in [6.07, 6.45) is 0. The van der Waals surface area contributed by atoms with Crippen LogP contribution in [0.2, 0.25) is 5.02 Å². The molecule has 1 heterocycles. The summed E-state index contributed by atoms with van der Waals surface area (Å²) in [6, 6.07) is 13.0. The Kier molecular flexibility index (Phi) is 7.12. The zero-order valence-corrected chi connectivity index (χ0v) is 18.5. The molecule has 9 heteroatoms. The maximum Gasteiger partial charge on any atom is 0.243 e. The smallest absolute Gasteiger partial charge is 0.243 e. The van der Waals surface area contributed by atoms with Crippen LogP contribution < -0.4 is 10.6 Å². The van der Waals surface area contributed by atoms with Crippen molar-refractivity contribution in [1.29, 1.82) is 0 Å². The maximum absolute atomic E-state index is 12.1. The van der Waals surface area contributed by atoms with Crippen molar-refractivity contribution in [2.24, 2.45) is 7.05 Å². The van der Waals surface area contributed by atoms with Gasteiger partial charge in [0, 0.05) is 23.3 Å². The molecule has 30 heavy (non-hydrogen) atoms. The molecular weight excluding hydrogens is 422 g/mol. The van der Waals surface area contributed by atoms with E-state index in [1.54, 1.807) is 12.1 Å². The van der Waals surface area contributed by atoms with Crippen LogP contribution in [0.4, 0.5) is 5.69 Å². The highest BCUT2D eigenvalue weighted by Crippen LogP contribution is 2.23. The quantitative estimate of drug-likeness (QED) is 0.544. The summed E-state index contributed by atoms with van der Waals surface area (Å²) >= 11 is 7.17. The lowest BCUT2D eigenvalue weighted by Gasteiger charge is -2.11. The van der Waals surface area contributed by atoms with E-state index in [-0.39, 0.29) is 24.1 Å². The number of carbonyl (C=O) groups is 2. The SMILES string of the molecule is Cc1cccc(NC(=O)CNC(=O)CSc2nnc(-c3ccc(Cl)cc3)n2C)c1C. The molecule has 0 unspecified atom stereocenters. The van der Waals surface area contributed by atoms with Crippen LogP contribution in [0.3, 0.4) is 0 Å². The Bertz CT molecular complexity index is 1070. The van der Waals surface area contributed by atoms with Crippen LogP contribution in [-0.4, -0.2) is 38.9 Å². The van der Waals surface area contributed by atoms with Crippen molar-refractivity contribution in [1.82, 2.24) is 20.1 Å². The van der Waals surface area contributed by atoms with E-state index < -0.39 is 0 Å². The van der Waals surface area contributed by atoms with Gasteiger partial charge in [-0.1, -0.05) is 35.5 Å². The molecule has 0 atom stereocenters. The Morgan fingerprint density at radius 2 is 1.80 bits per heavy atom. The van der Waals surface area contributed by atoms with Gasteiger partial charge in [0.25, 0.3) is 0 Å². The lowest BCUT2D eigenvalue weighted by molar-refractivity contribution is -0.122. The van der Waals surface area contributed by atoms with Crippen molar-refractivity contribution in [2.75, 3.05) is 17.6 Å². The second kappa shape index (κ2) is 9.77. The number of hydrogen-bond donors (Lipinski definition) is 2. The van der Waals surface area contributed by atoms with Gasteiger partial charge in [0.05, 0.1) is 12.3 Å². The first-order chi connectivity index (χ1) is 14.3. The summed E-state index contributed by atoms with van der Waals surface area (Å²) in [7, 11) is 1.84. The normalized spacial score (nSPS) is 10.7. The molecule has 0 aliphatic carbocycles. The van der Waals surface area contributed by atoms with Crippen LogP contribution in [0.25, 0.3) is 11.4 Å². The molecule has 0 spiro atoms. The summed E-state index contributed by atoms with van der Waals surface area (Å²) in [5.41, 5.74) is 3.73.